The number of amides is 1. The number of nitrogens with one attached hydrogen (secondary N) is 1. The Morgan fingerprint density at radius 2 is 2.00 bits per heavy atom. The first-order valence-electron chi connectivity index (χ1n) is 7.99. The second-order valence-corrected chi connectivity index (χ2v) is 6.95. The number of nitrogens with zero attached hydrogens (tertiary/aromatic N) is 2. The zero-order valence-electron chi connectivity index (χ0n) is 14.5. The molecule has 2 N–H and O–H groups in total. The van der Waals surface area contributed by atoms with E-state index in [1.165, 1.54) is 0 Å². The van der Waals surface area contributed by atoms with E-state index in [1.807, 2.05) is 44.2 Å². The molecule has 0 aliphatic rings. The van der Waals surface area contributed by atoms with E-state index in [2.05, 4.69) is 10.4 Å². The molecule has 0 aliphatic carbocycles. The van der Waals surface area contributed by atoms with Crippen LogP contribution in [0.25, 0.3) is 0 Å². The Kier molecular flexibility index (Phi) is 5.67. The van der Waals surface area contributed by atoms with E-state index in [0.717, 1.165) is 5.56 Å². The lowest BCUT2D eigenvalue weighted by Gasteiger charge is -2.27. The summed E-state index contributed by atoms with van der Waals surface area (Å²) in [6.45, 7) is 7.92. The van der Waals surface area contributed by atoms with Crippen molar-refractivity contribution in [2.24, 2.45) is 5.92 Å². The van der Waals surface area contributed by atoms with Crippen molar-refractivity contribution in [1.29, 1.82) is 0 Å². The van der Waals surface area contributed by atoms with Gasteiger partial charge in [-0.2, -0.15) is 5.10 Å². The number of carbonyl (C=O) groups excluding carboxylic acids is 1. The quantitative estimate of drug-likeness (QED) is 0.842. The number of carbonyl (C=O) groups is 1. The van der Waals surface area contributed by atoms with Crippen LogP contribution in [0, 0.1) is 12.8 Å². The molecule has 5 nitrogen and oxygen atoms in total. The molecule has 130 valence electrons. The van der Waals surface area contributed by atoms with Crippen LogP contribution in [0.15, 0.2) is 30.3 Å². The lowest BCUT2D eigenvalue weighted by atomic mass is 9.92. The van der Waals surface area contributed by atoms with Gasteiger partial charge in [-0.3, -0.25) is 4.79 Å². The third kappa shape index (κ3) is 4.16. The highest BCUT2D eigenvalue weighted by Crippen LogP contribution is 2.21. The van der Waals surface area contributed by atoms with E-state index >= 15 is 0 Å². The maximum atomic E-state index is 12.5. The van der Waals surface area contributed by atoms with Crippen LogP contribution in [0.5, 0.6) is 0 Å². The van der Waals surface area contributed by atoms with Gasteiger partial charge < -0.3 is 10.4 Å². The molecule has 2 rings (SSSR count). The first-order valence-corrected chi connectivity index (χ1v) is 8.37. The lowest BCUT2D eigenvalue weighted by Crippen LogP contribution is -2.44. The Hall–Kier alpha value is -1.85. The van der Waals surface area contributed by atoms with Crippen molar-refractivity contribution in [3.05, 3.63) is 52.3 Å². The van der Waals surface area contributed by atoms with Gasteiger partial charge in [0.2, 0.25) is 0 Å². The van der Waals surface area contributed by atoms with Gasteiger partial charge in [0.15, 0.2) is 0 Å². The molecule has 0 bridgehead atoms. The van der Waals surface area contributed by atoms with Crippen LogP contribution in [0.4, 0.5) is 0 Å². The number of benzene rings is 1. The summed E-state index contributed by atoms with van der Waals surface area (Å²) in [4.78, 5) is 12.5. The van der Waals surface area contributed by atoms with Crippen LogP contribution < -0.4 is 5.32 Å². The van der Waals surface area contributed by atoms with Crippen LogP contribution in [0.3, 0.4) is 0 Å². The smallest absolute Gasteiger partial charge is 0.256 e. The van der Waals surface area contributed by atoms with Crippen molar-refractivity contribution in [1.82, 2.24) is 15.1 Å². The second kappa shape index (κ2) is 7.36. The van der Waals surface area contributed by atoms with E-state index < -0.39 is 5.60 Å². The molecule has 0 spiro atoms. The SMILES string of the molecule is Cc1nn(Cc2ccccc2)c(Cl)c1C(=O)NCC(C)(O)C(C)C. The molecule has 1 amide bonds. The van der Waals surface area contributed by atoms with E-state index in [0.29, 0.717) is 23.0 Å². The minimum absolute atomic E-state index is 0.0233. The Morgan fingerprint density at radius 1 is 1.38 bits per heavy atom. The van der Waals surface area contributed by atoms with Crippen molar-refractivity contribution in [2.45, 2.75) is 39.8 Å². The molecule has 1 aromatic heterocycles. The second-order valence-electron chi connectivity index (χ2n) is 6.59. The monoisotopic (exact) mass is 349 g/mol. The molecule has 1 unspecified atom stereocenters. The first kappa shape index (κ1) is 18.5. The molecular formula is C18H24ClN3O2. The largest absolute Gasteiger partial charge is 0.388 e. The molecule has 0 saturated heterocycles. The Balaban J connectivity index is 2.15. The fraction of sp³-hybridized carbons (Fsp3) is 0.444. The topological polar surface area (TPSA) is 67.2 Å². The van der Waals surface area contributed by atoms with Gasteiger partial charge in [-0.15, -0.1) is 0 Å². The van der Waals surface area contributed by atoms with E-state index in [4.69, 9.17) is 11.6 Å². The lowest BCUT2D eigenvalue weighted by molar-refractivity contribution is 0.0142. The van der Waals surface area contributed by atoms with E-state index in [9.17, 15) is 9.90 Å². The number of aliphatic hydroxyl groups is 1. The summed E-state index contributed by atoms with van der Waals surface area (Å²) in [7, 11) is 0. The third-order valence-corrected chi connectivity index (χ3v) is 4.70. The van der Waals surface area contributed by atoms with Crippen LogP contribution in [-0.2, 0) is 6.54 Å². The fourth-order valence-electron chi connectivity index (χ4n) is 2.22. The molecule has 0 aliphatic heterocycles. The average Bonchev–Trinajstić information content (AvgIpc) is 2.80. The zero-order chi connectivity index (χ0) is 17.9. The van der Waals surface area contributed by atoms with Crippen LogP contribution >= 0.6 is 11.6 Å². The summed E-state index contributed by atoms with van der Waals surface area (Å²) in [6.07, 6.45) is 0. The molecule has 0 radical (unpaired) electrons. The molecular weight excluding hydrogens is 326 g/mol. The fourth-order valence-corrected chi connectivity index (χ4v) is 2.54. The van der Waals surface area contributed by atoms with Gasteiger partial charge in [-0.1, -0.05) is 55.8 Å². The van der Waals surface area contributed by atoms with Crippen molar-refractivity contribution < 1.29 is 9.90 Å². The highest BCUT2D eigenvalue weighted by Gasteiger charge is 2.27. The minimum Gasteiger partial charge on any atom is -0.388 e. The average molecular weight is 350 g/mol. The number of aryl methyl sites for hydroxylation is 1. The molecule has 1 atom stereocenters. The Labute approximate surface area is 147 Å². The number of rotatable bonds is 6. The number of aromatic nitrogens is 2. The van der Waals surface area contributed by atoms with Gasteiger partial charge in [0.25, 0.3) is 5.91 Å². The summed E-state index contributed by atoms with van der Waals surface area (Å²) in [5.41, 5.74) is 0.997. The van der Waals surface area contributed by atoms with Crippen molar-refractivity contribution in [3.8, 4) is 0 Å². The molecule has 1 aromatic carbocycles. The molecule has 0 fully saturated rings. The predicted molar refractivity (Wildman–Crippen MR) is 95.3 cm³/mol. The van der Waals surface area contributed by atoms with Gasteiger partial charge in [0.05, 0.1) is 23.4 Å². The van der Waals surface area contributed by atoms with Gasteiger partial charge in [0.1, 0.15) is 5.15 Å². The van der Waals surface area contributed by atoms with Crippen LogP contribution in [-0.4, -0.2) is 32.9 Å². The summed E-state index contributed by atoms with van der Waals surface area (Å²) < 4.78 is 1.61. The summed E-state index contributed by atoms with van der Waals surface area (Å²) in [6, 6.07) is 9.79. The maximum absolute atomic E-state index is 12.5. The summed E-state index contributed by atoms with van der Waals surface area (Å²) >= 11 is 6.36. The van der Waals surface area contributed by atoms with E-state index in [1.54, 1.807) is 18.5 Å². The number of halogens is 1. The van der Waals surface area contributed by atoms with Gasteiger partial charge in [-0.25, -0.2) is 4.68 Å². The van der Waals surface area contributed by atoms with Gasteiger partial charge in [0, 0.05) is 6.54 Å². The Bertz CT molecular complexity index is 709. The molecule has 24 heavy (non-hydrogen) atoms. The maximum Gasteiger partial charge on any atom is 0.256 e. The van der Waals surface area contributed by atoms with Crippen LogP contribution in [0.1, 0.15) is 42.4 Å². The molecule has 1 heterocycles. The minimum atomic E-state index is -0.976. The molecule has 0 saturated carbocycles. The van der Waals surface area contributed by atoms with Crippen molar-refractivity contribution >= 4 is 17.5 Å². The van der Waals surface area contributed by atoms with Gasteiger partial charge >= 0.3 is 0 Å². The zero-order valence-corrected chi connectivity index (χ0v) is 15.3. The number of hydrogen-bond donors (Lipinski definition) is 2. The number of hydrogen-bond acceptors (Lipinski definition) is 3. The van der Waals surface area contributed by atoms with E-state index in [-0.39, 0.29) is 18.4 Å². The first-order chi connectivity index (χ1) is 11.2. The predicted octanol–water partition coefficient (Wildman–Crippen LogP) is 3.03. The van der Waals surface area contributed by atoms with Crippen molar-refractivity contribution in [3.63, 3.8) is 0 Å². The third-order valence-electron chi connectivity index (χ3n) is 4.32. The molecule has 2 aromatic rings. The molecule has 6 heteroatoms. The summed E-state index contributed by atoms with van der Waals surface area (Å²) in [5.74, 6) is -0.298. The van der Waals surface area contributed by atoms with Crippen molar-refractivity contribution in [2.75, 3.05) is 6.54 Å². The van der Waals surface area contributed by atoms with Gasteiger partial charge in [-0.05, 0) is 25.3 Å². The Morgan fingerprint density at radius 3 is 2.58 bits per heavy atom. The van der Waals surface area contributed by atoms with Crippen LogP contribution in [0.2, 0.25) is 5.15 Å². The normalized spacial score (nSPS) is 13.8. The highest BCUT2D eigenvalue weighted by molar-refractivity contribution is 6.33. The standard InChI is InChI=1S/C18H24ClN3O2/c1-12(2)18(4,24)11-20-17(23)15-13(3)21-22(16(15)19)10-14-8-6-5-7-9-14/h5-9,12,24H,10-11H2,1-4H3,(H,20,23). The summed E-state index contributed by atoms with van der Waals surface area (Å²) in [5, 5.41) is 17.7. The highest BCUT2D eigenvalue weighted by atomic mass is 35.5.